The van der Waals surface area contributed by atoms with Crippen molar-refractivity contribution in [2.24, 2.45) is 0 Å². The van der Waals surface area contributed by atoms with Crippen LogP contribution in [0.4, 0.5) is 4.39 Å². The third-order valence-electron chi connectivity index (χ3n) is 1.71. The highest BCUT2D eigenvalue weighted by molar-refractivity contribution is 5.78. The molecule has 1 heterocycles. The zero-order chi connectivity index (χ0) is 8.27. The van der Waals surface area contributed by atoms with E-state index in [-0.39, 0.29) is 18.9 Å². The van der Waals surface area contributed by atoms with Crippen LogP contribution in [-0.4, -0.2) is 30.1 Å². The molecular weight excluding hydrogens is 147 g/mol. The Labute approximate surface area is 64.4 Å². The van der Waals surface area contributed by atoms with Crippen LogP contribution in [0.3, 0.4) is 0 Å². The van der Waals surface area contributed by atoms with Crippen LogP contribution >= 0.6 is 0 Å². The Balaban J connectivity index is 2.38. The second-order valence-electron chi connectivity index (χ2n) is 2.56. The maximum Gasteiger partial charge on any atom is 0.236 e. The Morgan fingerprint density at radius 2 is 2.55 bits per heavy atom. The number of hydrogen-bond donors (Lipinski definition) is 0. The predicted molar refractivity (Wildman–Crippen MR) is 36.3 cm³/mol. The third-order valence-corrected chi connectivity index (χ3v) is 1.71. The van der Waals surface area contributed by atoms with Crippen molar-refractivity contribution in [2.75, 3.05) is 13.1 Å². The maximum absolute atomic E-state index is 12.5. The summed E-state index contributed by atoms with van der Waals surface area (Å²) in [6.07, 6.45) is -0.609. The topological polar surface area (TPSA) is 44.1 Å². The van der Waals surface area contributed by atoms with Crippen molar-refractivity contribution in [3.8, 4) is 6.07 Å². The van der Waals surface area contributed by atoms with E-state index < -0.39 is 6.17 Å². The summed E-state index contributed by atoms with van der Waals surface area (Å²) in [7, 11) is 0. The lowest BCUT2D eigenvalue weighted by atomic mass is 10.3. The fourth-order valence-electron chi connectivity index (χ4n) is 1.12. The van der Waals surface area contributed by atoms with E-state index in [1.165, 1.54) is 4.90 Å². The van der Waals surface area contributed by atoms with Crippen LogP contribution < -0.4 is 0 Å². The summed E-state index contributed by atoms with van der Waals surface area (Å²) in [4.78, 5) is 12.3. The van der Waals surface area contributed by atoms with Crippen molar-refractivity contribution < 1.29 is 9.18 Å². The number of hydrogen-bond acceptors (Lipinski definition) is 2. The number of halogens is 1. The first kappa shape index (κ1) is 7.99. The minimum atomic E-state index is -0.891. The molecule has 11 heavy (non-hydrogen) atoms. The Morgan fingerprint density at radius 1 is 1.82 bits per heavy atom. The fraction of sp³-hybridized carbons (Fsp3) is 0.714. The summed E-state index contributed by atoms with van der Waals surface area (Å²) in [6.45, 7) is 0.627. The first-order chi connectivity index (χ1) is 5.24. The lowest BCUT2D eigenvalue weighted by Crippen LogP contribution is -2.28. The monoisotopic (exact) mass is 156 g/mol. The number of nitriles is 1. The first-order valence-corrected chi connectivity index (χ1v) is 3.53. The molecule has 0 aromatic carbocycles. The van der Waals surface area contributed by atoms with Gasteiger partial charge in [-0.1, -0.05) is 0 Å². The van der Waals surface area contributed by atoms with E-state index >= 15 is 0 Å². The molecule has 1 aliphatic heterocycles. The van der Waals surface area contributed by atoms with Gasteiger partial charge in [-0.3, -0.25) is 4.79 Å². The molecule has 0 aromatic rings. The molecular formula is C7H9FN2O. The number of amides is 1. The molecule has 0 aliphatic carbocycles. The van der Waals surface area contributed by atoms with Gasteiger partial charge in [0.05, 0.1) is 12.6 Å². The Kier molecular flexibility index (Phi) is 2.42. The van der Waals surface area contributed by atoms with Crippen molar-refractivity contribution in [1.82, 2.24) is 4.90 Å². The minimum absolute atomic E-state index is 0.132. The molecule has 0 N–H and O–H groups in total. The minimum Gasteiger partial charge on any atom is -0.339 e. The molecule has 0 bridgehead atoms. The van der Waals surface area contributed by atoms with Gasteiger partial charge in [0.2, 0.25) is 5.91 Å². The molecule has 1 atom stereocenters. The fourth-order valence-corrected chi connectivity index (χ4v) is 1.12. The summed E-state index contributed by atoms with van der Waals surface area (Å²) in [5.41, 5.74) is 0. The SMILES string of the molecule is N#CCC(=O)N1CC[C@@H](F)C1. The Morgan fingerprint density at radius 3 is 3.00 bits per heavy atom. The summed E-state index contributed by atoms with van der Waals surface area (Å²) >= 11 is 0. The van der Waals surface area contributed by atoms with E-state index in [9.17, 15) is 9.18 Å². The predicted octanol–water partition coefficient (Wildman–Crippen LogP) is 0.470. The van der Waals surface area contributed by atoms with Crippen molar-refractivity contribution in [3.63, 3.8) is 0 Å². The van der Waals surface area contributed by atoms with Crippen molar-refractivity contribution >= 4 is 5.91 Å². The van der Waals surface area contributed by atoms with Gasteiger partial charge in [-0.2, -0.15) is 5.26 Å². The molecule has 1 fully saturated rings. The van der Waals surface area contributed by atoms with E-state index in [4.69, 9.17) is 5.26 Å². The molecule has 0 unspecified atom stereocenters. The largest absolute Gasteiger partial charge is 0.339 e. The molecule has 60 valence electrons. The van der Waals surface area contributed by atoms with Gasteiger partial charge in [-0.15, -0.1) is 0 Å². The second kappa shape index (κ2) is 3.33. The van der Waals surface area contributed by atoms with Gasteiger partial charge >= 0.3 is 0 Å². The van der Waals surface area contributed by atoms with Crippen LogP contribution in [0.5, 0.6) is 0 Å². The second-order valence-corrected chi connectivity index (χ2v) is 2.56. The normalized spacial score (nSPS) is 23.3. The molecule has 4 heteroatoms. The molecule has 0 saturated carbocycles. The van der Waals surface area contributed by atoms with Crippen molar-refractivity contribution in [3.05, 3.63) is 0 Å². The van der Waals surface area contributed by atoms with Gasteiger partial charge in [0.1, 0.15) is 12.6 Å². The van der Waals surface area contributed by atoms with Crippen molar-refractivity contribution in [1.29, 1.82) is 5.26 Å². The zero-order valence-electron chi connectivity index (χ0n) is 6.09. The van der Waals surface area contributed by atoms with E-state index in [0.29, 0.717) is 13.0 Å². The molecule has 0 spiro atoms. The number of carbonyl (C=O) groups excluding carboxylic acids is 1. The average molecular weight is 156 g/mol. The average Bonchev–Trinajstić information content (AvgIpc) is 2.36. The standard InChI is InChI=1S/C7H9FN2O/c8-6-2-4-10(5-6)7(11)1-3-9/h6H,1-2,4-5H2/t6-/m1/s1. The highest BCUT2D eigenvalue weighted by Gasteiger charge is 2.24. The first-order valence-electron chi connectivity index (χ1n) is 3.53. The summed E-state index contributed by atoms with van der Waals surface area (Å²) < 4.78 is 12.5. The molecule has 1 amide bonds. The quantitative estimate of drug-likeness (QED) is 0.554. The number of likely N-dealkylation sites (tertiary alicyclic amines) is 1. The van der Waals surface area contributed by atoms with E-state index in [1.54, 1.807) is 6.07 Å². The maximum atomic E-state index is 12.5. The van der Waals surface area contributed by atoms with Crippen LogP contribution in [0.1, 0.15) is 12.8 Å². The molecule has 1 saturated heterocycles. The molecule has 0 radical (unpaired) electrons. The lowest BCUT2D eigenvalue weighted by molar-refractivity contribution is -0.129. The summed E-state index contributed by atoms with van der Waals surface area (Å²) in [6, 6.07) is 1.75. The van der Waals surface area contributed by atoms with E-state index in [2.05, 4.69) is 0 Å². The van der Waals surface area contributed by atoms with E-state index in [0.717, 1.165) is 0 Å². The van der Waals surface area contributed by atoms with Gasteiger partial charge in [-0.25, -0.2) is 4.39 Å². The Hall–Kier alpha value is -1.11. The highest BCUT2D eigenvalue weighted by atomic mass is 19.1. The molecule has 1 rings (SSSR count). The molecule has 3 nitrogen and oxygen atoms in total. The Bertz CT molecular complexity index is 199. The zero-order valence-corrected chi connectivity index (χ0v) is 6.09. The van der Waals surface area contributed by atoms with E-state index in [1.807, 2.05) is 0 Å². The summed E-state index contributed by atoms with van der Waals surface area (Å²) in [5, 5.41) is 8.17. The van der Waals surface area contributed by atoms with Gasteiger partial charge in [0.15, 0.2) is 0 Å². The summed E-state index contributed by atoms with van der Waals surface area (Å²) in [5.74, 6) is -0.257. The lowest BCUT2D eigenvalue weighted by Gasteiger charge is -2.11. The van der Waals surface area contributed by atoms with Crippen LogP contribution in [0.15, 0.2) is 0 Å². The van der Waals surface area contributed by atoms with Gasteiger partial charge < -0.3 is 4.90 Å². The number of carbonyl (C=O) groups is 1. The van der Waals surface area contributed by atoms with Gasteiger partial charge in [0, 0.05) is 6.54 Å². The number of alkyl halides is 1. The van der Waals surface area contributed by atoms with Gasteiger partial charge in [0.25, 0.3) is 0 Å². The van der Waals surface area contributed by atoms with Crippen molar-refractivity contribution in [2.45, 2.75) is 19.0 Å². The smallest absolute Gasteiger partial charge is 0.236 e. The van der Waals surface area contributed by atoms with Crippen LogP contribution in [0.25, 0.3) is 0 Å². The number of rotatable bonds is 1. The van der Waals surface area contributed by atoms with Gasteiger partial charge in [-0.05, 0) is 6.42 Å². The van der Waals surface area contributed by atoms with Crippen LogP contribution in [0, 0.1) is 11.3 Å². The van der Waals surface area contributed by atoms with Crippen LogP contribution in [-0.2, 0) is 4.79 Å². The number of nitrogens with zero attached hydrogens (tertiary/aromatic N) is 2. The highest BCUT2D eigenvalue weighted by Crippen LogP contribution is 2.12. The van der Waals surface area contributed by atoms with Crippen LogP contribution in [0.2, 0.25) is 0 Å². The molecule has 0 aromatic heterocycles. The molecule has 1 aliphatic rings. The third kappa shape index (κ3) is 1.90.